The molecule has 1 rings (SSSR count). The van der Waals surface area contributed by atoms with Crippen LogP contribution in [0.15, 0.2) is 0 Å². The number of carbonyl (C=O) groups excluding carboxylic acids is 1. The molecule has 0 bridgehead atoms. The highest BCUT2D eigenvalue weighted by Gasteiger charge is 2.26. The van der Waals surface area contributed by atoms with Crippen molar-refractivity contribution in [2.24, 2.45) is 11.7 Å². The lowest BCUT2D eigenvalue weighted by molar-refractivity contribution is -0.135. The minimum atomic E-state index is -0.319. The molecule has 2 unspecified atom stereocenters. The van der Waals surface area contributed by atoms with Crippen molar-refractivity contribution < 1.29 is 4.79 Å². The highest BCUT2D eigenvalue weighted by atomic mass is 16.2. The van der Waals surface area contributed by atoms with Crippen LogP contribution in [0.4, 0.5) is 0 Å². The molecule has 1 aliphatic rings. The van der Waals surface area contributed by atoms with Gasteiger partial charge >= 0.3 is 0 Å². The Morgan fingerprint density at radius 3 is 2.17 bits per heavy atom. The molecule has 0 saturated carbocycles. The molecule has 2 atom stereocenters. The molecule has 0 aliphatic carbocycles. The maximum absolute atomic E-state index is 12.2. The number of piperazine rings is 1. The summed E-state index contributed by atoms with van der Waals surface area (Å²) < 4.78 is 0. The molecule has 4 nitrogen and oxygen atoms in total. The molecule has 106 valence electrons. The Labute approximate surface area is 111 Å². The third-order valence-corrected chi connectivity index (χ3v) is 3.88. The van der Waals surface area contributed by atoms with Gasteiger partial charge in [-0.2, -0.15) is 0 Å². The molecule has 0 aromatic carbocycles. The number of hydrogen-bond donors (Lipinski definition) is 1. The lowest BCUT2D eigenvalue weighted by Gasteiger charge is -2.38. The molecule has 2 N–H and O–H groups in total. The monoisotopic (exact) mass is 255 g/mol. The topological polar surface area (TPSA) is 49.6 Å². The van der Waals surface area contributed by atoms with Crippen LogP contribution in [0, 0.1) is 5.92 Å². The maximum atomic E-state index is 12.2. The second-order valence-electron chi connectivity index (χ2n) is 5.85. The smallest absolute Gasteiger partial charge is 0.239 e. The highest BCUT2D eigenvalue weighted by molar-refractivity contribution is 5.81. The van der Waals surface area contributed by atoms with Crippen LogP contribution in [0.2, 0.25) is 0 Å². The standard InChI is InChI=1S/C14H29N3O/c1-5-12(4)16-6-8-17(9-7-16)14(18)13(15)10-11(2)3/h11-13H,5-10,15H2,1-4H3. The van der Waals surface area contributed by atoms with Gasteiger partial charge < -0.3 is 10.6 Å². The van der Waals surface area contributed by atoms with Crippen molar-refractivity contribution in [3.05, 3.63) is 0 Å². The molecule has 18 heavy (non-hydrogen) atoms. The predicted octanol–water partition coefficient (Wildman–Crippen LogP) is 1.30. The van der Waals surface area contributed by atoms with Crippen LogP contribution in [0.5, 0.6) is 0 Å². The third-order valence-electron chi connectivity index (χ3n) is 3.88. The Hall–Kier alpha value is -0.610. The Morgan fingerprint density at radius 2 is 1.72 bits per heavy atom. The van der Waals surface area contributed by atoms with Crippen LogP contribution >= 0.6 is 0 Å². The summed E-state index contributed by atoms with van der Waals surface area (Å²) in [7, 11) is 0. The Kier molecular flexibility index (Phi) is 6.09. The summed E-state index contributed by atoms with van der Waals surface area (Å²) in [5.74, 6) is 0.609. The van der Waals surface area contributed by atoms with Crippen molar-refractivity contribution >= 4 is 5.91 Å². The summed E-state index contributed by atoms with van der Waals surface area (Å²) in [5.41, 5.74) is 5.96. The number of nitrogens with zero attached hydrogens (tertiary/aromatic N) is 2. The lowest BCUT2D eigenvalue weighted by Crippen LogP contribution is -2.54. The van der Waals surface area contributed by atoms with E-state index in [9.17, 15) is 4.79 Å². The van der Waals surface area contributed by atoms with Crippen LogP contribution in [-0.4, -0.2) is 54.0 Å². The average molecular weight is 255 g/mol. The van der Waals surface area contributed by atoms with Gasteiger partial charge in [0, 0.05) is 32.2 Å². The zero-order valence-corrected chi connectivity index (χ0v) is 12.4. The van der Waals surface area contributed by atoms with E-state index in [-0.39, 0.29) is 11.9 Å². The van der Waals surface area contributed by atoms with Gasteiger partial charge in [0.05, 0.1) is 6.04 Å². The molecular formula is C14H29N3O. The third kappa shape index (κ3) is 4.25. The SMILES string of the molecule is CCC(C)N1CCN(C(=O)C(N)CC(C)C)CC1. The van der Waals surface area contributed by atoms with Gasteiger partial charge in [-0.15, -0.1) is 0 Å². The first-order valence-electron chi connectivity index (χ1n) is 7.24. The van der Waals surface area contributed by atoms with Crippen molar-refractivity contribution in [1.82, 2.24) is 9.80 Å². The van der Waals surface area contributed by atoms with Crippen molar-refractivity contribution in [3.63, 3.8) is 0 Å². The molecule has 0 radical (unpaired) electrons. The zero-order chi connectivity index (χ0) is 13.7. The van der Waals surface area contributed by atoms with Gasteiger partial charge in [0.2, 0.25) is 5.91 Å². The van der Waals surface area contributed by atoms with Gasteiger partial charge in [0.25, 0.3) is 0 Å². The van der Waals surface area contributed by atoms with E-state index in [0.29, 0.717) is 12.0 Å². The van der Waals surface area contributed by atoms with Gasteiger partial charge in [0.1, 0.15) is 0 Å². The summed E-state index contributed by atoms with van der Waals surface area (Å²) in [5, 5.41) is 0. The Bertz CT molecular complexity index is 260. The van der Waals surface area contributed by atoms with E-state index in [0.717, 1.165) is 32.6 Å². The van der Waals surface area contributed by atoms with E-state index >= 15 is 0 Å². The fourth-order valence-corrected chi connectivity index (χ4v) is 2.48. The Balaban J connectivity index is 2.40. The zero-order valence-electron chi connectivity index (χ0n) is 12.4. The van der Waals surface area contributed by atoms with Gasteiger partial charge in [-0.05, 0) is 25.7 Å². The number of nitrogens with two attached hydrogens (primary N) is 1. The Morgan fingerprint density at radius 1 is 1.17 bits per heavy atom. The van der Waals surface area contributed by atoms with Crippen molar-refractivity contribution in [1.29, 1.82) is 0 Å². The first-order chi connectivity index (χ1) is 8.45. The van der Waals surface area contributed by atoms with Crippen molar-refractivity contribution in [3.8, 4) is 0 Å². The molecule has 1 amide bonds. The van der Waals surface area contributed by atoms with E-state index in [2.05, 4.69) is 32.6 Å². The molecule has 1 aliphatic heterocycles. The number of carbonyl (C=O) groups is 1. The minimum Gasteiger partial charge on any atom is -0.339 e. The van der Waals surface area contributed by atoms with Crippen LogP contribution in [0.3, 0.4) is 0 Å². The molecule has 1 fully saturated rings. The average Bonchev–Trinajstić information content (AvgIpc) is 2.36. The van der Waals surface area contributed by atoms with Crippen LogP contribution in [-0.2, 0) is 4.79 Å². The van der Waals surface area contributed by atoms with Crippen LogP contribution in [0.25, 0.3) is 0 Å². The van der Waals surface area contributed by atoms with Crippen LogP contribution < -0.4 is 5.73 Å². The lowest BCUT2D eigenvalue weighted by atomic mass is 10.0. The number of hydrogen-bond acceptors (Lipinski definition) is 3. The summed E-state index contributed by atoms with van der Waals surface area (Å²) in [6.45, 7) is 12.3. The summed E-state index contributed by atoms with van der Waals surface area (Å²) >= 11 is 0. The normalized spacial score (nSPS) is 21.1. The molecule has 4 heteroatoms. The second-order valence-corrected chi connectivity index (χ2v) is 5.85. The summed E-state index contributed by atoms with van der Waals surface area (Å²) in [6.07, 6.45) is 1.95. The highest BCUT2D eigenvalue weighted by Crippen LogP contribution is 2.11. The molecule has 0 aromatic rings. The molecular weight excluding hydrogens is 226 g/mol. The van der Waals surface area contributed by atoms with Gasteiger partial charge in [-0.3, -0.25) is 9.69 Å². The van der Waals surface area contributed by atoms with Crippen molar-refractivity contribution in [2.75, 3.05) is 26.2 Å². The molecule has 0 aromatic heterocycles. The maximum Gasteiger partial charge on any atom is 0.239 e. The number of rotatable bonds is 5. The minimum absolute atomic E-state index is 0.132. The fraction of sp³-hybridized carbons (Fsp3) is 0.929. The van der Waals surface area contributed by atoms with Gasteiger partial charge in [-0.1, -0.05) is 20.8 Å². The first-order valence-corrected chi connectivity index (χ1v) is 7.24. The van der Waals surface area contributed by atoms with E-state index in [1.807, 2.05) is 4.90 Å². The van der Waals surface area contributed by atoms with E-state index in [1.54, 1.807) is 0 Å². The number of amides is 1. The quantitative estimate of drug-likeness (QED) is 0.805. The summed E-state index contributed by atoms with van der Waals surface area (Å²) in [6, 6.07) is 0.298. The van der Waals surface area contributed by atoms with Crippen molar-refractivity contribution in [2.45, 2.75) is 52.6 Å². The van der Waals surface area contributed by atoms with E-state index in [1.165, 1.54) is 6.42 Å². The predicted molar refractivity (Wildman–Crippen MR) is 75.3 cm³/mol. The second kappa shape index (κ2) is 7.10. The summed E-state index contributed by atoms with van der Waals surface area (Å²) in [4.78, 5) is 16.6. The molecule has 0 spiro atoms. The van der Waals surface area contributed by atoms with E-state index < -0.39 is 0 Å². The molecule has 1 heterocycles. The first kappa shape index (κ1) is 15.4. The molecule has 1 saturated heterocycles. The fourth-order valence-electron chi connectivity index (χ4n) is 2.48. The van der Waals surface area contributed by atoms with Crippen LogP contribution in [0.1, 0.15) is 40.5 Å². The largest absolute Gasteiger partial charge is 0.339 e. The van der Waals surface area contributed by atoms with Gasteiger partial charge in [0.15, 0.2) is 0 Å². The van der Waals surface area contributed by atoms with Gasteiger partial charge in [-0.25, -0.2) is 0 Å². The van der Waals surface area contributed by atoms with E-state index in [4.69, 9.17) is 5.73 Å².